The Balaban J connectivity index is 1.32. The second kappa shape index (κ2) is 11.9. The van der Waals surface area contributed by atoms with Gasteiger partial charge in [-0.15, -0.1) is 0 Å². The van der Waals surface area contributed by atoms with E-state index < -0.39 is 0 Å². The maximum absolute atomic E-state index is 12.2. The summed E-state index contributed by atoms with van der Waals surface area (Å²) in [5.41, 5.74) is 3.14. The number of methoxy groups -OCH3 is 1. The molecule has 4 aromatic rings. The molecule has 0 spiro atoms. The number of nitrogens with zero attached hydrogens (tertiary/aromatic N) is 2. The van der Waals surface area contributed by atoms with Crippen molar-refractivity contribution in [3.63, 3.8) is 0 Å². The Kier molecular flexibility index (Phi) is 8.22. The summed E-state index contributed by atoms with van der Waals surface area (Å²) in [7, 11) is 1.66. The molecule has 7 nitrogen and oxygen atoms in total. The molecular weight excluding hydrogens is 442 g/mol. The van der Waals surface area contributed by atoms with Gasteiger partial charge in [0.25, 0.3) is 5.91 Å². The summed E-state index contributed by atoms with van der Waals surface area (Å²) >= 11 is 0. The highest BCUT2D eigenvalue weighted by Crippen LogP contribution is 2.29. The van der Waals surface area contributed by atoms with Crippen LogP contribution in [-0.4, -0.2) is 35.7 Å². The minimum Gasteiger partial charge on any atom is -0.493 e. The summed E-state index contributed by atoms with van der Waals surface area (Å²) in [5.74, 6) is 2.53. The molecule has 0 aliphatic carbocycles. The van der Waals surface area contributed by atoms with Crippen molar-refractivity contribution < 1.29 is 18.7 Å². The highest BCUT2D eigenvalue weighted by molar-refractivity contribution is 5.91. The Morgan fingerprint density at radius 2 is 2.00 bits per heavy atom. The standard InChI is InChI=1S/C28H31N3O4/c1-3-9-21-13-14-24(26(20-21)33-2)34-18-7-6-17-31-23-11-5-4-10-22(23)30-27(31)15-16-29-28(32)25-12-8-19-35-25/h3-5,8-14,19-20H,6-7,15-18H2,1-2H3,(H,29,32)/b9-3+. The molecule has 0 aliphatic heterocycles. The van der Waals surface area contributed by atoms with Gasteiger partial charge in [0, 0.05) is 19.5 Å². The summed E-state index contributed by atoms with van der Waals surface area (Å²) < 4.78 is 18.9. The number of rotatable bonds is 12. The summed E-state index contributed by atoms with van der Waals surface area (Å²) in [5, 5.41) is 2.90. The molecule has 1 amide bonds. The molecule has 0 unspecified atom stereocenters. The van der Waals surface area contributed by atoms with E-state index in [1.165, 1.54) is 6.26 Å². The second-order valence-electron chi connectivity index (χ2n) is 8.12. The van der Waals surface area contributed by atoms with Crippen molar-refractivity contribution in [3.8, 4) is 11.5 Å². The van der Waals surface area contributed by atoms with Crippen LogP contribution in [0, 0.1) is 0 Å². The zero-order valence-electron chi connectivity index (χ0n) is 20.2. The predicted octanol–water partition coefficient (Wildman–Crippen LogP) is 5.50. The summed E-state index contributed by atoms with van der Waals surface area (Å²) in [6.45, 7) is 3.89. The summed E-state index contributed by atoms with van der Waals surface area (Å²) in [4.78, 5) is 17.0. The van der Waals surface area contributed by atoms with Crippen LogP contribution in [0.3, 0.4) is 0 Å². The number of hydrogen-bond acceptors (Lipinski definition) is 5. The minimum atomic E-state index is -0.219. The first kappa shape index (κ1) is 24.1. The van der Waals surface area contributed by atoms with Gasteiger partial charge in [0.05, 0.1) is 31.0 Å². The lowest BCUT2D eigenvalue weighted by molar-refractivity contribution is 0.0926. The number of imidazole rings is 1. The lowest BCUT2D eigenvalue weighted by Gasteiger charge is -2.12. The van der Waals surface area contributed by atoms with Gasteiger partial charge in [-0.2, -0.15) is 0 Å². The van der Waals surface area contributed by atoms with Crippen LogP contribution in [0.25, 0.3) is 17.1 Å². The van der Waals surface area contributed by atoms with Crippen molar-refractivity contribution >= 4 is 23.0 Å². The van der Waals surface area contributed by atoms with Crippen LogP contribution >= 0.6 is 0 Å². The van der Waals surface area contributed by atoms with Crippen LogP contribution in [-0.2, 0) is 13.0 Å². The van der Waals surface area contributed by atoms with E-state index in [2.05, 4.69) is 16.0 Å². The van der Waals surface area contributed by atoms with Crippen molar-refractivity contribution in [1.82, 2.24) is 14.9 Å². The highest BCUT2D eigenvalue weighted by atomic mass is 16.5. The number of furan rings is 1. The third kappa shape index (κ3) is 6.12. The van der Waals surface area contributed by atoms with Crippen molar-refractivity contribution in [2.45, 2.75) is 32.7 Å². The topological polar surface area (TPSA) is 78.5 Å². The molecule has 2 aromatic heterocycles. The average Bonchev–Trinajstić information content (AvgIpc) is 3.53. The van der Waals surface area contributed by atoms with E-state index in [4.69, 9.17) is 18.9 Å². The van der Waals surface area contributed by atoms with Gasteiger partial charge in [-0.05, 0) is 61.7 Å². The number of hydrogen-bond donors (Lipinski definition) is 1. The number of fused-ring (bicyclic) bond motifs is 1. The minimum absolute atomic E-state index is 0.219. The second-order valence-corrected chi connectivity index (χ2v) is 8.12. The number of allylic oxidation sites excluding steroid dienone is 1. The van der Waals surface area contributed by atoms with Gasteiger partial charge in [0.2, 0.25) is 0 Å². The quantitative estimate of drug-likeness (QED) is 0.275. The summed E-state index contributed by atoms with van der Waals surface area (Å²) in [6.07, 6.45) is 7.98. The first-order valence-electron chi connectivity index (χ1n) is 11.9. The molecule has 1 N–H and O–H groups in total. The highest BCUT2D eigenvalue weighted by Gasteiger charge is 2.12. The predicted molar refractivity (Wildman–Crippen MR) is 137 cm³/mol. The largest absolute Gasteiger partial charge is 0.493 e. The Morgan fingerprint density at radius 3 is 2.80 bits per heavy atom. The van der Waals surface area contributed by atoms with Crippen LogP contribution in [0.2, 0.25) is 0 Å². The smallest absolute Gasteiger partial charge is 0.286 e. The third-order valence-corrected chi connectivity index (χ3v) is 5.69. The number of nitrogens with one attached hydrogen (secondary N) is 1. The molecule has 4 rings (SSSR count). The first-order chi connectivity index (χ1) is 17.2. The number of aryl methyl sites for hydroxylation is 1. The number of unbranched alkanes of at least 4 members (excludes halogenated alkanes) is 1. The zero-order valence-corrected chi connectivity index (χ0v) is 20.2. The normalized spacial score (nSPS) is 11.3. The first-order valence-corrected chi connectivity index (χ1v) is 11.9. The number of amides is 1. The molecular formula is C28H31N3O4. The molecule has 0 saturated carbocycles. The van der Waals surface area contributed by atoms with Crippen LogP contribution in [0.5, 0.6) is 11.5 Å². The van der Waals surface area contributed by atoms with Crippen LogP contribution < -0.4 is 14.8 Å². The van der Waals surface area contributed by atoms with Crippen molar-refractivity contribution in [2.75, 3.05) is 20.3 Å². The van der Waals surface area contributed by atoms with Gasteiger partial charge in [-0.25, -0.2) is 4.98 Å². The molecule has 35 heavy (non-hydrogen) atoms. The monoisotopic (exact) mass is 473 g/mol. The average molecular weight is 474 g/mol. The van der Waals surface area contributed by atoms with Crippen molar-refractivity contribution in [3.05, 3.63) is 84.1 Å². The van der Waals surface area contributed by atoms with Crippen LogP contribution in [0.15, 0.2) is 71.4 Å². The van der Waals surface area contributed by atoms with Crippen molar-refractivity contribution in [2.24, 2.45) is 0 Å². The summed E-state index contributed by atoms with van der Waals surface area (Å²) in [6, 6.07) is 17.4. The lowest BCUT2D eigenvalue weighted by Crippen LogP contribution is -2.26. The third-order valence-electron chi connectivity index (χ3n) is 5.69. The van der Waals surface area contributed by atoms with Gasteiger partial charge in [-0.1, -0.05) is 30.4 Å². The molecule has 182 valence electrons. The fourth-order valence-electron chi connectivity index (χ4n) is 4.00. The maximum atomic E-state index is 12.2. The Hall–Kier alpha value is -4.00. The van der Waals surface area contributed by atoms with E-state index in [0.717, 1.165) is 53.3 Å². The number of ether oxygens (including phenoxy) is 2. The zero-order chi connectivity index (χ0) is 24.5. The maximum Gasteiger partial charge on any atom is 0.286 e. The van der Waals surface area contributed by atoms with Gasteiger partial charge in [0.1, 0.15) is 5.82 Å². The van der Waals surface area contributed by atoms with Gasteiger partial charge in [-0.3, -0.25) is 4.79 Å². The van der Waals surface area contributed by atoms with Crippen LogP contribution in [0.1, 0.15) is 41.7 Å². The molecule has 0 saturated heterocycles. The van der Waals surface area contributed by atoms with Gasteiger partial charge in [0.15, 0.2) is 17.3 Å². The molecule has 2 aromatic carbocycles. The number of aromatic nitrogens is 2. The van der Waals surface area contributed by atoms with E-state index in [0.29, 0.717) is 25.3 Å². The van der Waals surface area contributed by atoms with E-state index >= 15 is 0 Å². The SMILES string of the molecule is C/C=C/c1ccc(OCCCCn2c(CCNC(=O)c3ccco3)nc3ccccc32)c(OC)c1. The lowest BCUT2D eigenvalue weighted by atomic mass is 10.2. The molecule has 0 radical (unpaired) electrons. The fourth-order valence-corrected chi connectivity index (χ4v) is 4.00. The molecule has 0 bridgehead atoms. The van der Waals surface area contributed by atoms with E-state index in [-0.39, 0.29) is 5.91 Å². The Bertz CT molecular complexity index is 1270. The number of benzene rings is 2. The number of para-hydroxylation sites is 2. The van der Waals surface area contributed by atoms with E-state index in [9.17, 15) is 4.79 Å². The molecule has 0 atom stereocenters. The van der Waals surface area contributed by atoms with Gasteiger partial charge < -0.3 is 23.8 Å². The van der Waals surface area contributed by atoms with E-state index in [1.807, 2.05) is 55.5 Å². The molecule has 2 heterocycles. The molecule has 7 heteroatoms. The van der Waals surface area contributed by atoms with Gasteiger partial charge >= 0.3 is 0 Å². The Morgan fingerprint density at radius 1 is 1.11 bits per heavy atom. The van der Waals surface area contributed by atoms with Crippen molar-refractivity contribution in [1.29, 1.82) is 0 Å². The Labute approximate surface area is 205 Å². The number of carbonyl (C=O) groups excluding carboxylic acids is 1. The van der Waals surface area contributed by atoms with E-state index in [1.54, 1.807) is 19.2 Å². The molecule has 0 aliphatic rings. The van der Waals surface area contributed by atoms with Crippen LogP contribution in [0.4, 0.5) is 0 Å². The number of carbonyl (C=O) groups is 1. The fraction of sp³-hybridized carbons (Fsp3) is 0.286. The molecule has 0 fully saturated rings.